The summed E-state index contributed by atoms with van der Waals surface area (Å²) in [4.78, 5) is 35.7. The van der Waals surface area contributed by atoms with Crippen LogP contribution in [-0.4, -0.2) is 69.3 Å². The number of benzene rings is 3. The molecule has 3 aromatic carbocycles. The SMILES string of the molecule is COc1ccc(F)cc1C(C)(C)CC(O)(CNc1cc(C)cc2c1cnn2-c1cccc(C(=O)N[C@H](CCC(=O)O)C(N)=O)c1)C(F)(F)F. The summed E-state index contributed by atoms with van der Waals surface area (Å²) in [5.74, 6) is -3.21. The number of nitrogens with zero attached hydrogens (tertiary/aromatic N) is 2. The quantitative estimate of drug-likeness (QED) is 0.115. The van der Waals surface area contributed by atoms with Crippen molar-refractivity contribution in [1.82, 2.24) is 15.1 Å². The number of fused-ring (bicyclic) bond motifs is 1. The van der Waals surface area contributed by atoms with Gasteiger partial charge in [0.1, 0.15) is 17.6 Å². The molecule has 0 saturated carbocycles. The summed E-state index contributed by atoms with van der Waals surface area (Å²) in [6.07, 6.45) is -5.07. The lowest BCUT2D eigenvalue weighted by molar-refractivity contribution is -0.260. The van der Waals surface area contributed by atoms with Crippen molar-refractivity contribution >= 4 is 34.4 Å². The van der Waals surface area contributed by atoms with Crippen LogP contribution in [0.1, 0.15) is 54.6 Å². The van der Waals surface area contributed by atoms with Crippen LogP contribution < -0.4 is 21.1 Å². The highest BCUT2D eigenvalue weighted by molar-refractivity contribution is 5.98. The Hall–Kier alpha value is -5.18. The second kappa shape index (κ2) is 14.1. The van der Waals surface area contributed by atoms with Gasteiger partial charge in [-0.1, -0.05) is 19.9 Å². The first-order valence-corrected chi connectivity index (χ1v) is 15.1. The largest absolute Gasteiger partial charge is 0.496 e. The molecular weight excluding hydrogens is 650 g/mol. The molecular formula is C34H37F4N5O6. The van der Waals surface area contributed by atoms with Crippen LogP contribution in [-0.2, 0) is 15.0 Å². The molecule has 1 heterocycles. The first-order valence-electron chi connectivity index (χ1n) is 15.1. The zero-order valence-corrected chi connectivity index (χ0v) is 27.2. The van der Waals surface area contributed by atoms with Crippen LogP contribution in [0, 0.1) is 12.7 Å². The van der Waals surface area contributed by atoms with Crippen LogP contribution in [0.25, 0.3) is 16.6 Å². The number of aliphatic carboxylic acids is 1. The minimum absolute atomic E-state index is 0.113. The number of halogens is 4. The van der Waals surface area contributed by atoms with E-state index in [0.29, 0.717) is 22.2 Å². The van der Waals surface area contributed by atoms with E-state index in [2.05, 4.69) is 15.7 Å². The highest BCUT2D eigenvalue weighted by atomic mass is 19.4. The van der Waals surface area contributed by atoms with Gasteiger partial charge in [0.25, 0.3) is 5.91 Å². The van der Waals surface area contributed by atoms with Gasteiger partial charge in [-0.25, -0.2) is 9.07 Å². The summed E-state index contributed by atoms with van der Waals surface area (Å²) >= 11 is 0. The molecule has 0 saturated heterocycles. The molecule has 4 aromatic rings. The minimum atomic E-state index is -5.08. The number of carbonyl (C=O) groups excluding carboxylic acids is 2. The Morgan fingerprint density at radius 3 is 2.43 bits per heavy atom. The number of hydrogen-bond donors (Lipinski definition) is 5. The van der Waals surface area contributed by atoms with Gasteiger partial charge in [0.2, 0.25) is 5.91 Å². The number of carbonyl (C=O) groups is 3. The van der Waals surface area contributed by atoms with Crippen LogP contribution in [0.4, 0.5) is 23.2 Å². The van der Waals surface area contributed by atoms with Crippen molar-refractivity contribution in [1.29, 1.82) is 0 Å². The van der Waals surface area contributed by atoms with E-state index in [4.69, 9.17) is 15.6 Å². The number of aryl methyl sites for hydroxylation is 1. The molecule has 4 rings (SSSR count). The molecule has 1 unspecified atom stereocenters. The number of carboxylic acids is 1. The molecule has 2 atom stereocenters. The summed E-state index contributed by atoms with van der Waals surface area (Å²) in [6.45, 7) is 3.71. The van der Waals surface area contributed by atoms with E-state index in [0.717, 1.165) is 12.1 Å². The zero-order chi connectivity index (χ0) is 36.3. The lowest BCUT2D eigenvalue weighted by Gasteiger charge is -2.38. The third kappa shape index (κ3) is 8.28. The highest BCUT2D eigenvalue weighted by Gasteiger charge is 2.56. The van der Waals surface area contributed by atoms with Gasteiger partial charge in [-0.3, -0.25) is 14.4 Å². The van der Waals surface area contributed by atoms with Crippen molar-refractivity contribution < 1.29 is 46.9 Å². The van der Waals surface area contributed by atoms with Gasteiger partial charge in [-0.05, 0) is 79.3 Å². The van der Waals surface area contributed by atoms with Gasteiger partial charge < -0.3 is 31.3 Å². The highest BCUT2D eigenvalue weighted by Crippen LogP contribution is 2.44. The minimum Gasteiger partial charge on any atom is -0.496 e. The number of methoxy groups -OCH3 is 1. The van der Waals surface area contributed by atoms with E-state index in [1.807, 2.05) is 0 Å². The monoisotopic (exact) mass is 687 g/mol. The first kappa shape index (κ1) is 36.7. The summed E-state index contributed by atoms with van der Waals surface area (Å²) in [6, 6.07) is 11.8. The molecule has 262 valence electrons. The second-order valence-corrected chi connectivity index (χ2v) is 12.5. The number of hydrogen-bond acceptors (Lipinski definition) is 7. The van der Waals surface area contributed by atoms with Crippen LogP contribution in [0.3, 0.4) is 0 Å². The Bertz CT molecular complexity index is 1880. The maximum atomic E-state index is 14.5. The van der Waals surface area contributed by atoms with Crippen molar-refractivity contribution in [2.45, 2.75) is 63.3 Å². The van der Waals surface area contributed by atoms with E-state index in [1.54, 1.807) is 31.2 Å². The number of alkyl halides is 3. The number of rotatable bonds is 14. The fourth-order valence-corrected chi connectivity index (χ4v) is 5.73. The Kier molecular flexibility index (Phi) is 10.6. The average molecular weight is 688 g/mol. The number of carboxylic acid groups (broad SMARTS) is 1. The normalized spacial score (nSPS) is 13.8. The number of anilines is 1. The average Bonchev–Trinajstić information content (AvgIpc) is 3.44. The molecule has 0 spiro atoms. The maximum absolute atomic E-state index is 14.5. The second-order valence-electron chi connectivity index (χ2n) is 12.5. The predicted molar refractivity (Wildman–Crippen MR) is 173 cm³/mol. The van der Waals surface area contributed by atoms with E-state index in [-0.39, 0.29) is 35.4 Å². The zero-order valence-electron chi connectivity index (χ0n) is 27.2. The molecule has 1 aromatic heterocycles. The van der Waals surface area contributed by atoms with Gasteiger partial charge in [-0.2, -0.15) is 18.3 Å². The van der Waals surface area contributed by atoms with Crippen molar-refractivity contribution in [3.63, 3.8) is 0 Å². The van der Waals surface area contributed by atoms with E-state index < -0.39 is 59.8 Å². The Labute approximate surface area is 279 Å². The third-order valence-corrected chi connectivity index (χ3v) is 8.21. The lowest BCUT2D eigenvalue weighted by atomic mass is 9.74. The van der Waals surface area contributed by atoms with Crippen molar-refractivity contribution in [3.8, 4) is 11.4 Å². The van der Waals surface area contributed by atoms with E-state index >= 15 is 0 Å². The fraction of sp³-hybridized carbons (Fsp3) is 0.353. The molecule has 2 amide bonds. The number of ether oxygens (including phenoxy) is 1. The Morgan fingerprint density at radius 1 is 1.08 bits per heavy atom. The van der Waals surface area contributed by atoms with Crippen LogP contribution in [0.2, 0.25) is 0 Å². The third-order valence-electron chi connectivity index (χ3n) is 8.21. The van der Waals surface area contributed by atoms with Crippen molar-refractivity contribution in [2.75, 3.05) is 19.0 Å². The maximum Gasteiger partial charge on any atom is 0.418 e. The summed E-state index contributed by atoms with van der Waals surface area (Å²) in [7, 11) is 1.32. The number of aliphatic hydroxyl groups is 1. The van der Waals surface area contributed by atoms with E-state index in [1.165, 1.54) is 50.0 Å². The summed E-state index contributed by atoms with van der Waals surface area (Å²) < 4.78 is 64.5. The molecule has 49 heavy (non-hydrogen) atoms. The number of nitrogens with one attached hydrogen (secondary N) is 2. The summed E-state index contributed by atoms with van der Waals surface area (Å²) in [5, 5.41) is 30.1. The summed E-state index contributed by atoms with van der Waals surface area (Å²) in [5.41, 5.74) is 2.75. The van der Waals surface area contributed by atoms with Crippen LogP contribution in [0.5, 0.6) is 5.75 Å². The van der Waals surface area contributed by atoms with Crippen LogP contribution >= 0.6 is 0 Å². The predicted octanol–water partition coefficient (Wildman–Crippen LogP) is 5.00. The van der Waals surface area contributed by atoms with E-state index in [9.17, 15) is 37.1 Å². The van der Waals surface area contributed by atoms with Crippen molar-refractivity contribution in [3.05, 3.63) is 83.3 Å². The Balaban J connectivity index is 1.63. The van der Waals surface area contributed by atoms with Crippen LogP contribution in [0.15, 0.2) is 60.8 Å². The molecule has 0 aliphatic heterocycles. The van der Waals surface area contributed by atoms with Gasteiger partial charge in [0.15, 0.2) is 5.60 Å². The topological polar surface area (TPSA) is 169 Å². The van der Waals surface area contributed by atoms with Crippen molar-refractivity contribution in [2.24, 2.45) is 5.73 Å². The van der Waals surface area contributed by atoms with Gasteiger partial charge >= 0.3 is 12.1 Å². The fourth-order valence-electron chi connectivity index (χ4n) is 5.73. The molecule has 0 radical (unpaired) electrons. The number of amides is 2. The Morgan fingerprint density at radius 2 is 1.80 bits per heavy atom. The number of aromatic nitrogens is 2. The molecule has 0 bridgehead atoms. The van der Waals surface area contributed by atoms with Gasteiger partial charge in [-0.15, -0.1) is 0 Å². The molecule has 15 heteroatoms. The standard InChI is InChI=1S/C34H37F4N5O6/c1-19-12-26(40-18-33(48,34(36,37)38)17-32(2,3)24-15-21(35)8-10-28(24)49-4)23-16-41-43(27(23)13-19)22-7-5-6-20(14-22)31(47)42-25(30(39)46)9-11-29(44)45/h5-8,10,12-16,25,40,48H,9,11,17-18H2,1-4H3,(H2,39,46)(H,42,47)(H,44,45)/t25-,33?/m1/s1. The smallest absolute Gasteiger partial charge is 0.418 e. The molecule has 0 aliphatic rings. The number of nitrogens with two attached hydrogens (primary N) is 1. The molecule has 0 fully saturated rings. The van der Waals surface area contributed by atoms with Gasteiger partial charge in [0, 0.05) is 28.6 Å². The molecule has 6 N–H and O–H groups in total. The first-order chi connectivity index (χ1) is 22.8. The molecule has 11 nitrogen and oxygen atoms in total. The molecule has 0 aliphatic carbocycles. The van der Waals surface area contributed by atoms with Gasteiger partial charge in [0.05, 0.1) is 31.1 Å². The lowest BCUT2D eigenvalue weighted by Crippen LogP contribution is -2.53. The number of primary amides is 1.